The van der Waals surface area contributed by atoms with Crippen LogP contribution in [-0.4, -0.2) is 19.5 Å². The van der Waals surface area contributed by atoms with Crippen molar-refractivity contribution in [3.8, 4) is 73.2 Å². The minimum absolute atomic E-state index is 0. The number of para-hydroxylation sites is 5. The molecule has 0 unspecified atom stereocenters. The SMILES string of the molecule is Brc1ccc(-c2cccc3c2oc2ccccc23)cc1.C.F.c1ccc(-c2nc(-c3ccccc3)nc(-c3cccc(-c4ccc5c(c4)c4ccccc4n5-c4ccc(-c5cccc6c5oc5ccccc56)cc4)c3)n2)cc1. The van der Waals surface area contributed by atoms with Gasteiger partial charge >= 0.3 is 0 Å². The van der Waals surface area contributed by atoms with Gasteiger partial charge in [0.2, 0.25) is 0 Å². The molecule has 0 bridgehead atoms. The fraction of sp³-hybridized carbons (Fsp3) is 0.0143. The van der Waals surface area contributed by atoms with Crippen molar-refractivity contribution in [3.05, 3.63) is 265 Å². The summed E-state index contributed by atoms with van der Waals surface area (Å²) in [5.74, 6) is 1.93. The first-order chi connectivity index (χ1) is 37.6. The predicted octanol–water partition coefficient (Wildman–Crippen LogP) is 20.0. The highest BCUT2D eigenvalue weighted by Crippen LogP contribution is 2.40. The first kappa shape index (κ1) is 49.1. The molecule has 374 valence electrons. The summed E-state index contributed by atoms with van der Waals surface area (Å²) in [6.45, 7) is 0. The second-order valence-electron chi connectivity index (χ2n) is 18.8. The summed E-state index contributed by atoms with van der Waals surface area (Å²) in [5, 5.41) is 7.00. The Morgan fingerprint density at radius 2 is 0.718 bits per heavy atom. The van der Waals surface area contributed by atoms with Crippen LogP contribution in [0.5, 0.6) is 0 Å². The van der Waals surface area contributed by atoms with Crippen LogP contribution < -0.4 is 0 Å². The molecule has 0 aliphatic rings. The highest BCUT2D eigenvalue weighted by molar-refractivity contribution is 9.10. The van der Waals surface area contributed by atoms with Gasteiger partial charge in [0.05, 0.1) is 11.0 Å². The minimum atomic E-state index is 0. The lowest BCUT2D eigenvalue weighted by molar-refractivity contribution is 0.669. The Hall–Kier alpha value is -9.76. The van der Waals surface area contributed by atoms with E-state index in [2.05, 4.69) is 190 Å². The van der Waals surface area contributed by atoms with Gasteiger partial charge in [-0.3, -0.25) is 4.70 Å². The fourth-order valence-corrected chi connectivity index (χ4v) is 10.8. The van der Waals surface area contributed by atoms with Gasteiger partial charge in [0, 0.05) is 70.3 Å². The molecule has 0 saturated carbocycles. The van der Waals surface area contributed by atoms with Crippen molar-refractivity contribution in [3.63, 3.8) is 0 Å². The third-order valence-electron chi connectivity index (χ3n) is 14.2. The van der Waals surface area contributed by atoms with Gasteiger partial charge in [-0.15, -0.1) is 0 Å². The van der Waals surface area contributed by atoms with Crippen LogP contribution in [0.1, 0.15) is 7.43 Å². The van der Waals surface area contributed by atoms with E-state index in [4.69, 9.17) is 23.8 Å². The molecule has 15 aromatic rings. The Bertz CT molecular complexity index is 4590. The largest absolute Gasteiger partial charge is 0.455 e. The Morgan fingerprint density at radius 1 is 0.308 bits per heavy atom. The van der Waals surface area contributed by atoms with E-state index in [0.29, 0.717) is 17.5 Å². The second kappa shape index (κ2) is 20.8. The summed E-state index contributed by atoms with van der Waals surface area (Å²) >= 11 is 3.47. The lowest BCUT2D eigenvalue weighted by atomic mass is 10.0. The van der Waals surface area contributed by atoms with E-state index in [0.717, 1.165) is 104 Å². The molecule has 8 heteroatoms. The Balaban J connectivity index is 0.000000233. The van der Waals surface area contributed by atoms with Gasteiger partial charge in [-0.25, -0.2) is 15.0 Å². The molecule has 0 N–H and O–H groups in total. The van der Waals surface area contributed by atoms with Crippen molar-refractivity contribution < 1.29 is 13.5 Å². The Kier molecular flexibility index (Phi) is 13.1. The van der Waals surface area contributed by atoms with Crippen molar-refractivity contribution in [1.82, 2.24) is 19.5 Å². The van der Waals surface area contributed by atoms with Crippen molar-refractivity contribution in [2.24, 2.45) is 0 Å². The van der Waals surface area contributed by atoms with Gasteiger partial charge < -0.3 is 13.4 Å². The van der Waals surface area contributed by atoms with E-state index in [1.165, 1.54) is 21.5 Å². The fourth-order valence-electron chi connectivity index (χ4n) is 10.6. The molecule has 78 heavy (non-hydrogen) atoms. The van der Waals surface area contributed by atoms with Crippen LogP contribution >= 0.6 is 15.9 Å². The molecule has 0 saturated heterocycles. The van der Waals surface area contributed by atoms with E-state index < -0.39 is 0 Å². The third-order valence-corrected chi connectivity index (χ3v) is 14.8. The summed E-state index contributed by atoms with van der Waals surface area (Å²) < 4.78 is 15.9. The first-order valence-electron chi connectivity index (χ1n) is 25.3. The molecule has 4 heterocycles. The number of fused-ring (bicyclic) bond motifs is 9. The van der Waals surface area contributed by atoms with Crippen LogP contribution in [-0.2, 0) is 0 Å². The molecule has 0 amide bonds. The van der Waals surface area contributed by atoms with Gasteiger partial charge in [0.25, 0.3) is 0 Å². The van der Waals surface area contributed by atoms with Gasteiger partial charge in [0.15, 0.2) is 17.5 Å². The van der Waals surface area contributed by atoms with Crippen LogP contribution in [0.15, 0.2) is 274 Å². The maximum atomic E-state index is 6.37. The Morgan fingerprint density at radius 3 is 1.29 bits per heavy atom. The molecule has 15 rings (SSSR count). The monoisotopic (exact) mass is 1070 g/mol. The maximum Gasteiger partial charge on any atom is 0.164 e. The summed E-state index contributed by atoms with van der Waals surface area (Å²) in [5.41, 5.74) is 16.7. The molecule has 0 aliphatic carbocycles. The first-order valence-corrected chi connectivity index (χ1v) is 26.1. The van der Waals surface area contributed by atoms with E-state index in [1.807, 2.05) is 91.0 Å². The molecule has 0 atom stereocenters. The molecule has 4 aromatic heterocycles. The van der Waals surface area contributed by atoms with Crippen LogP contribution in [0.25, 0.3) is 139 Å². The highest BCUT2D eigenvalue weighted by atomic mass is 79.9. The van der Waals surface area contributed by atoms with Crippen LogP contribution in [0.3, 0.4) is 0 Å². The number of nitrogens with zero attached hydrogens (tertiary/aromatic N) is 4. The number of aromatic nitrogens is 4. The van der Waals surface area contributed by atoms with Crippen molar-refractivity contribution in [2.75, 3.05) is 0 Å². The third kappa shape index (κ3) is 8.87. The van der Waals surface area contributed by atoms with Crippen molar-refractivity contribution >= 4 is 81.6 Å². The zero-order chi connectivity index (χ0) is 50.5. The molecular weight excluding hydrogens is 1030 g/mol. The van der Waals surface area contributed by atoms with E-state index in [1.54, 1.807) is 0 Å². The number of rotatable bonds is 7. The molecule has 0 radical (unpaired) electrons. The average molecular weight is 1080 g/mol. The van der Waals surface area contributed by atoms with Gasteiger partial charge in [-0.2, -0.15) is 0 Å². The molecule has 11 aromatic carbocycles. The second-order valence-corrected chi connectivity index (χ2v) is 19.7. The minimum Gasteiger partial charge on any atom is -0.455 e. The van der Waals surface area contributed by atoms with Crippen LogP contribution in [0, 0.1) is 0 Å². The quantitative estimate of drug-likeness (QED) is 0.159. The van der Waals surface area contributed by atoms with Crippen LogP contribution in [0.4, 0.5) is 4.70 Å². The normalized spacial score (nSPS) is 11.2. The highest BCUT2D eigenvalue weighted by Gasteiger charge is 2.18. The molecule has 0 spiro atoms. The van der Waals surface area contributed by atoms with Crippen molar-refractivity contribution in [1.29, 1.82) is 0 Å². The molecule has 0 fully saturated rings. The van der Waals surface area contributed by atoms with E-state index >= 15 is 0 Å². The smallest absolute Gasteiger partial charge is 0.164 e. The lowest BCUT2D eigenvalue weighted by Crippen LogP contribution is -2.00. The summed E-state index contributed by atoms with van der Waals surface area (Å²) in [4.78, 5) is 14.8. The molecular formula is C70H48BrFN4O2. The Labute approximate surface area is 458 Å². The zero-order valence-corrected chi connectivity index (χ0v) is 42.8. The number of hydrogen-bond acceptors (Lipinski definition) is 5. The number of halogens is 2. The van der Waals surface area contributed by atoms with Crippen LogP contribution in [0.2, 0.25) is 0 Å². The standard InChI is InChI=1S/C51H32N4O.C18H11BrO.CH4.FH/c1-3-13-34(14-4-1)49-52-50(35-15-5-2-6-16-35)54-51(53-49)38-18-11-17-36(31-38)37-27-30-46-44(32-37)41-19-7-9-23-45(41)55(46)39-28-25-33(26-29-39)40-21-12-22-43-42-20-8-10-24-47(42)56-48(40)43;19-13-10-8-12(9-11-13)14-5-3-6-16-15-4-1-2-7-17(15)20-18(14)16;;/h1-32H;1-11H;1H4;1H. The number of benzene rings is 11. The van der Waals surface area contributed by atoms with E-state index in [-0.39, 0.29) is 12.1 Å². The average Bonchev–Trinajstić information content (AvgIpc) is 4.19. The van der Waals surface area contributed by atoms with Gasteiger partial charge in [0.1, 0.15) is 22.3 Å². The predicted molar refractivity (Wildman–Crippen MR) is 325 cm³/mol. The topological polar surface area (TPSA) is 69.9 Å². The molecule has 6 nitrogen and oxygen atoms in total. The maximum absolute atomic E-state index is 6.37. The van der Waals surface area contributed by atoms with Gasteiger partial charge in [-0.05, 0) is 82.9 Å². The number of furan rings is 2. The van der Waals surface area contributed by atoms with Crippen molar-refractivity contribution in [2.45, 2.75) is 7.43 Å². The molecule has 0 aliphatic heterocycles. The summed E-state index contributed by atoms with van der Waals surface area (Å²) in [6, 6.07) is 90.3. The van der Waals surface area contributed by atoms with Gasteiger partial charge in [-0.1, -0.05) is 224 Å². The summed E-state index contributed by atoms with van der Waals surface area (Å²) in [7, 11) is 0. The zero-order valence-electron chi connectivity index (χ0n) is 41.2. The summed E-state index contributed by atoms with van der Waals surface area (Å²) in [6.07, 6.45) is 0. The number of hydrogen-bond donors (Lipinski definition) is 0. The van der Waals surface area contributed by atoms with E-state index in [9.17, 15) is 0 Å². The lowest BCUT2D eigenvalue weighted by Gasteiger charge is -2.11.